The van der Waals surface area contributed by atoms with Crippen LogP contribution in [0.2, 0.25) is 0 Å². The average Bonchev–Trinajstić information content (AvgIpc) is 2.95. The second-order valence-corrected chi connectivity index (χ2v) is 7.95. The van der Waals surface area contributed by atoms with Crippen molar-refractivity contribution in [1.29, 1.82) is 0 Å². The van der Waals surface area contributed by atoms with Crippen LogP contribution in [0.5, 0.6) is 17.2 Å². The van der Waals surface area contributed by atoms with E-state index in [0.717, 1.165) is 5.56 Å². The first kappa shape index (κ1) is 21.0. The predicted octanol–water partition coefficient (Wildman–Crippen LogP) is 4.76. The Labute approximate surface area is 169 Å². The first-order valence-corrected chi connectivity index (χ1v) is 9.63. The molecule has 1 fully saturated rings. The third-order valence-electron chi connectivity index (χ3n) is 4.10. The molecule has 29 heavy (non-hydrogen) atoms. The van der Waals surface area contributed by atoms with E-state index in [4.69, 9.17) is 4.74 Å². The summed E-state index contributed by atoms with van der Waals surface area (Å²) in [6, 6.07) is 12.2. The minimum Gasteiger partial charge on any atom is -0.457 e. The van der Waals surface area contributed by atoms with E-state index in [1.807, 2.05) is 12.1 Å². The highest BCUT2D eigenvalue weighted by atomic mass is 32.2. The topological polar surface area (TPSA) is 55.8 Å². The molecule has 1 saturated heterocycles. The fourth-order valence-corrected chi connectivity index (χ4v) is 3.88. The summed E-state index contributed by atoms with van der Waals surface area (Å²) < 4.78 is 46.0. The summed E-state index contributed by atoms with van der Waals surface area (Å²) in [7, 11) is 0. The van der Waals surface area contributed by atoms with Crippen LogP contribution in [0.3, 0.4) is 0 Å². The molecule has 3 rings (SSSR count). The Balaban J connectivity index is 1.55. The molecule has 1 aliphatic heterocycles. The summed E-state index contributed by atoms with van der Waals surface area (Å²) in [6.45, 7) is 2.47. The van der Waals surface area contributed by atoms with E-state index in [1.165, 1.54) is 43.0 Å². The van der Waals surface area contributed by atoms with Crippen LogP contribution in [-0.4, -0.2) is 34.1 Å². The van der Waals surface area contributed by atoms with E-state index in [9.17, 15) is 22.8 Å². The standard InChI is InChI=1S/C20H18F3NO4S/c1-13(25)29-18-10-19(26)24(12-18)11-14-2-4-15(5-3-14)27-16-6-8-17(9-7-16)28-20(21,22)23/h2-9,18H,10-12H2,1H3. The summed E-state index contributed by atoms with van der Waals surface area (Å²) >= 11 is 1.19. The normalized spacial score (nSPS) is 16.8. The predicted molar refractivity (Wildman–Crippen MR) is 102 cm³/mol. The summed E-state index contributed by atoms with van der Waals surface area (Å²) in [6.07, 6.45) is -4.38. The third kappa shape index (κ3) is 6.42. The van der Waals surface area contributed by atoms with Crippen LogP contribution in [0.15, 0.2) is 48.5 Å². The molecule has 2 aromatic rings. The quantitative estimate of drug-likeness (QED) is 0.668. The number of ether oxygens (including phenoxy) is 2. The van der Waals surface area contributed by atoms with Gasteiger partial charge in [-0.05, 0) is 42.0 Å². The lowest BCUT2D eigenvalue weighted by atomic mass is 10.2. The Kier molecular flexibility index (Phi) is 6.36. The van der Waals surface area contributed by atoms with Crippen LogP contribution in [0.4, 0.5) is 13.2 Å². The molecule has 0 radical (unpaired) electrons. The van der Waals surface area contributed by atoms with Crippen molar-refractivity contribution in [2.75, 3.05) is 6.54 Å². The Bertz CT molecular complexity index is 869. The number of amides is 1. The van der Waals surface area contributed by atoms with Gasteiger partial charge in [0.15, 0.2) is 5.12 Å². The van der Waals surface area contributed by atoms with Crippen LogP contribution in [0.1, 0.15) is 18.9 Å². The van der Waals surface area contributed by atoms with E-state index >= 15 is 0 Å². The maximum Gasteiger partial charge on any atom is 0.573 e. The van der Waals surface area contributed by atoms with Crippen LogP contribution in [0, 0.1) is 0 Å². The molecule has 0 saturated carbocycles. The van der Waals surface area contributed by atoms with Gasteiger partial charge in [-0.3, -0.25) is 9.59 Å². The number of alkyl halides is 3. The molecule has 2 aromatic carbocycles. The lowest BCUT2D eigenvalue weighted by molar-refractivity contribution is -0.274. The molecule has 1 unspecified atom stereocenters. The molecule has 9 heteroatoms. The lowest BCUT2D eigenvalue weighted by Crippen LogP contribution is -2.24. The fourth-order valence-electron chi connectivity index (χ4n) is 2.93. The fraction of sp³-hybridized carbons (Fsp3) is 0.300. The smallest absolute Gasteiger partial charge is 0.457 e. The number of halogens is 3. The molecule has 1 amide bonds. The van der Waals surface area contributed by atoms with Gasteiger partial charge >= 0.3 is 6.36 Å². The first-order valence-electron chi connectivity index (χ1n) is 8.75. The Morgan fingerprint density at radius 2 is 1.62 bits per heavy atom. The van der Waals surface area contributed by atoms with Crippen molar-refractivity contribution in [2.45, 2.75) is 31.5 Å². The minimum absolute atomic E-state index is 0.00385. The van der Waals surface area contributed by atoms with Gasteiger partial charge in [0.25, 0.3) is 0 Å². The molecule has 0 spiro atoms. The highest BCUT2D eigenvalue weighted by Gasteiger charge is 2.31. The van der Waals surface area contributed by atoms with Gasteiger partial charge in [0.2, 0.25) is 5.91 Å². The van der Waals surface area contributed by atoms with Crippen LogP contribution in [-0.2, 0) is 16.1 Å². The van der Waals surface area contributed by atoms with Gasteiger partial charge in [0.1, 0.15) is 17.2 Å². The van der Waals surface area contributed by atoms with E-state index in [1.54, 1.807) is 17.0 Å². The zero-order valence-electron chi connectivity index (χ0n) is 15.4. The summed E-state index contributed by atoms with van der Waals surface area (Å²) in [4.78, 5) is 25.0. The molecule has 154 valence electrons. The Morgan fingerprint density at radius 1 is 1.07 bits per heavy atom. The molecular formula is C20H18F3NO4S. The monoisotopic (exact) mass is 425 g/mol. The van der Waals surface area contributed by atoms with Gasteiger partial charge in [-0.1, -0.05) is 23.9 Å². The van der Waals surface area contributed by atoms with E-state index in [-0.39, 0.29) is 22.0 Å². The molecule has 0 N–H and O–H groups in total. The highest BCUT2D eigenvalue weighted by Crippen LogP contribution is 2.28. The van der Waals surface area contributed by atoms with Crippen molar-refractivity contribution in [1.82, 2.24) is 4.90 Å². The van der Waals surface area contributed by atoms with Gasteiger partial charge in [-0.25, -0.2) is 0 Å². The molecule has 0 bridgehead atoms. The maximum absolute atomic E-state index is 12.2. The molecular weight excluding hydrogens is 407 g/mol. The van der Waals surface area contributed by atoms with E-state index in [0.29, 0.717) is 31.0 Å². The SMILES string of the molecule is CC(=O)SC1CC(=O)N(Cc2ccc(Oc3ccc(OC(F)(F)F)cc3)cc2)C1. The summed E-state index contributed by atoms with van der Waals surface area (Å²) in [5.41, 5.74) is 0.910. The zero-order valence-corrected chi connectivity index (χ0v) is 16.3. The second kappa shape index (κ2) is 8.77. The van der Waals surface area contributed by atoms with Crippen molar-refractivity contribution >= 4 is 22.8 Å². The number of carbonyl (C=O) groups is 2. The van der Waals surface area contributed by atoms with Gasteiger partial charge in [0, 0.05) is 31.7 Å². The van der Waals surface area contributed by atoms with Crippen LogP contribution in [0.25, 0.3) is 0 Å². The highest BCUT2D eigenvalue weighted by molar-refractivity contribution is 8.14. The van der Waals surface area contributed by atoms with E-state index < -0.39 is 6.36 Å². The van der Waals surface area contributed by atoms with Gasteiger partial charge in [0.05, 0.1) is 0 Å². The molecule has 1 heterocycles. The second-order valence-electron chi connectivity index (χ2n) is 6.48. The number of hydrogen-bond acceptors (Lipinski definition) is 5. The summed E-state index contributed by atoms with van der Waals surface area (Å²) in [5, 5.41) is -0.00365. The minimum atomic E-state index is -4.74. The number of likely N-dealkylation sites (tertiary alicyclic amines) is 1. The maximum atomic E-state index is 12.2. The number of benzene rings is 2. The van der Waals surface area contributed by atoms with Gasteiger partial charge in [-0.15, -0.1) is 13.2 Å². The average molecular weight is 425 g/mol. The van der Waals surface area contributed by atoms with Gasteiger partial charge in [-0.2, -0.15) is 0 Å². The molecule has 0 aromatic heterocycles. The Hall–Kier alpha value is -2.68. The number of nitrogens with zero attached hydrogens (tertiary/aromatic N) is 1. The Morgan fingerprint density at radius 3 is 2.17 bits per heavy atom. The molecule has 0 aliphatic carbocycles. The van der Waals surface area contributed by atoms with Crippen molar-refractivity contribution in [3.8, 4) is 17.2 Å². The third-order valence-corrected chi connectivity index (χ3v) is 5.08. The first-order chi connectivity index (χ1) is 13.7. The number of thioether (sulfide) groups is 1. The van der Waals surface area contributed by atoms with Crippen molar-refractivity contribution < 1.29 is 32.2 Å². The zero-order chi connectivity index (χ0) is 21.0. The van der Waals surface area contributed by atoms with Gasteiger partial charge < -0.3 is 14.4 Å². The van der Waals surface area contributed by atoms with Crippen molar-refractivity contribution in [3.05, 3.63) is 54.1 Å². The molecule has 1 atom stereocenters. The van der Waals surface area contributed by atoms with Crippen LogP contribution >= 0.6 is 11.8 Å². The molecule has 5 nitrogen and oxygen atoms in total. The number of rotatable bonds is 6. The van der Waals surface area contributed by atoms with Crippen LogP contribution < -0.4 is 9.47 Å². The van der Waals surface area contributed by atoms with E-state index in [2.05, 4.69) is 4.74 Å². The summed E-state index contributed by atoms with van der Waals surface area (Å²) in [5.74, 6) is 0.573. The molecule has 1 aliphatic rings. The number of carbonyl (C=O) groups excluding carboxylic acids is 2. The largest absolute Gasteiger partial charge is 0.573 e. The lowest BCUT2D eigenvalue weighted by Gasteiger charge is -2.16. The number of hydrogen-bond donors (Lipinski definition) is 0. The van der Waals surface area contributed by atoms with Crippen molar-refractivity contribution in [3.63, 3.8) is 0 Å². The van der Waals surface area contributed by atoms with Crippen molar-refractivity contribution in [2.24, 2.45) is 0 Å².